The van der Waals surface area contributed by atoms with E-state index in [1.165, 1.54) is 0 Å². The van der Waals surface area contributed by atoms with Crippen LogP contribution in [-0.4, -0.2) is 39.5 Å². The third kappa shape index (κ3) is 2.71. The Kier molecular flexibility index (Phi) is 4.75. The summed E-state index contributed by atoms with van der Waals surface area (Å²) >= 11 is 0. The quantitative estimate of drug-likeness (QED) is 0.886. The second kappa shape index (κ2) is 6.37. The minimum Gasteiger partial charge on any atom is -0.321 e. The predicted molar refractivity (Wildman–Crippen MR) is 85.3 cm³/mol. The third-order valence-electron chi connectivity index (χ3n) is 4.59. The maximum atomic E-state index is 6.64. The first-order valence-electron chi connectivity index (χ1n) is 7.45. The van der Waals surface area contributed by atoms with Crippen molar-refractivity contribution < 1.29 is 0 Å². The molecule has 2 rings (SSSR count). The van der Waals surface area contributed by atoms with Crippen LogP contribution in [0.1, 0.15) is 38.4 Å². The van der Waals surface area contributed by atoms with Crippen LogP contribution in [0.5, 0.6) is 0 Å². The summed E-state index contributed by atoms with van der Waals surface area (Å²) in [6, 6.07) is 9.84. The van der Waals surface area contributed by atoms with Crippen molar-refractivity contribution in [3.05, 3.63) is 42.2 Å². The van der Waals surface area contributed by atoms with Crippen LogP contribution < -0.4 is 5.73 Å². The van der Waals surface area contributed by atoms with Gasteiger partial charge in [-0.15, -0.1) is 5.10 Å². The number of hydrogen-bond donors (Lipinski definition) is 1. The monoisotopic (exact) mass is 287 g/mol. The maximum Gasteiger partial charge on any atom is 0.0831 e. The Balaban J connectivity index is 2.45. The lowest BCUT2D eigenvalue weighted by atomic mass is 9.82. The number of para-hydroxylation sites is 1. The van der Waals surface area contributed by atoms with E-state index < -0.39 is 0 Å². The molecule has 1 atom stereocenters. The fourth-order valence-corrected chi connectivity index (χ4v) is 3.10. The Hall–Kier alpha value is -1.72. The molecule has 5 nitrogen and oxygen atoms in total. The highest BCUT2D eigenvalue weighted by Gasteiger charge is 2.38. The average Bonchev–Trinajstić information content (AvgIpc) is 2.98. The minimum atomic E-state index is -0.155. The van der Waals surface area contributed by atoms with Crippen molar-refractivity contribution in [2.45, 2.75) is 38.3 Å². The van der Waals surface area contributed by atoms with Crippen LogP contribution in [0, 0.1) is 0 Å². The van der Waals surface area contributed by atoms with Gasteiger partial charge in [-0.2, -0.15) is 0 Å². The van der Waals surface area contributed by atoms with Gasteiger partial charge >= 0.3 is 0 Å². The van der Waals surface area contributed by atoms with E-state index in [1.807, 2.05) is 35.0 Å². The molecule has 1 heterocycles. The summed E-state index contributed by atoms with van der Waals surface area (Å²) in [6.45, 7) is 4.36. The van der Waals surface area contributed by atoms with Crippen molar-refractivity contribution in [1.82, 2.24) is 19.9 Å². The van der Waals surface area contributed by atoms with Gasteiger partial charge in [0.25, 0.3) is 0 Å². The van der Waals surface area contributed by atoms with Crippen molar-refractivity contribution in [3.63, 3.8) is 0 Å². The van der Waals surface area contributed by atoms with Gasteiger partial charge in [-0.25, -0.2) is 4.68 Å². The Labute approximate surface area is 126 Å². The van der Waals surface area contributed by atoms with Crippen LogP contribution in [0.15, 0.2) is 36.5 Å². The zero-order valence-electron chi connectivity index (χ0n) is 13.3. The summed E-state index contributed by atoms with van der Waals surface area (Å²) in [7, 11) is 4.17. The van der Waals surface area contributed by atoms with Gasteiger partial charge in [-0.3, -0.25) is 0 Å². The van der Waals surface area contributed by atoms with E-state index in [4.69, 9.17) is 5.73 Å². The van der Waals surface area contributed by atoms with Gasteiger partial charge in [0, 0.05) is 5.54 Å². The van der Waals surface area contributed by atoms with Gasteiger partial charge in [0.05, 0.1) is 23.6 Å². The molecule has 2 N–H and O–H groups in total. The Bertz CT molecular complexity index is 557. The normalized spacial score (nSPS) is 13.6. The molecule has 5 heteroatoms. The van der Waals surface area contributed by atoms with Gasteiger partial charge in [-0.1, -0.05) is 37.3 Å². The smallest absolute Gasteiger partial charge is 0.0831 e. The first kappa shape index (κ1) is 15.7. The Morgan fingerprint density at radius 1 is 1.19 bits per heavy atom. The summed E-state index contributed by atoms with van der Waals surface area (Å²) in [6.07, 6.45) is 3.72. The molecule has 1 aromatic carbocycles. The molecule has 0 fully saturated rings. The van der Waals surface area contributed by atoms with E-state index in [9.17, 15) is 0 Å². The summed E-state index contributed by atoms with van der Waals surface area (Å²) in [5.74, 6) is 0. The number of aromatic nitrogens is 3. The highest BCUT2D eigenvalue weighted by atomic mass is 15.4. The van der Waals surface area contributed by atoms with Crippen LogP contribution in [0.25, 0.3) is 5.69 Å². The van der Waals surface area contributed by atoms with E-state index in [0.29, 0.717) is 0 Å². The number of nitrogens with zero attached hydrogens (tertiary/aromatic N) is 4. The zero-order chi connectivity index (χ0) is 15.5. The highest BCUT2D eigenvalue weighted by Crippen LogP contribution is 2.34. The molecule has 0 aliphatic rings. The van der Waals surface area contributed by atoms with Crippen molar-refractivity contribution in [3.8, 4) is 5.69 Å². The lowest BCUT2D eigenvalue weighted by molar-refractivity contribution is 0.103. The lowest BCUT2D eigenvalue weighted by Crippen LogP contribution is -2.52. The molecule has 1 unspecified atom stereocenters. The number of rotatable bonds is 6. The Morgan fingerprint density at radius 3 is 2.33 bits per heavy atom. The van der Waals surface area contributed by atoms with Crippen molar-refractivity contribution in [1.29, 1.82) is 0 Å². The topological polar surface area (TPSA) is 60.0 Å². The molecule has 0 spiro atoms. The molecule has 0 aliphatic heterocycles. The first-order valence-corrected chi connectivity index (χ1v) is 7.45. The largest absolute Gasteiger partial charge is 0.321 e. The number of likely N-dealkylation sites (N-methyl/N-ethyl adjacent to an activating group) is 1. The molecule has 1 aromatic heterocycles. The second-order valence-electron chi connectivity index (χ2n) is 5.59. The molecule has 0 amide bonds. The SMILES string of the molecule is CCC(CC)(C(N)c1cnnn1-c1ccccc1)N(C)C. The zero-order valence-corrected chi connectivity index (χ0v) is 13.3. The molecular formula is C16H25N5. The average molecular weight is 287 g/mol. The van der Waals surface area contributed by atoms with Gasteiger partial charge in [0.1, 0.15) is 0 Å². The third-order valence-corrected chi connectivity index (χ3v) is 4.59. The van der Waals surface area contributed by atoms with Gasteiger partial charge in [-0.05, 0) is 39.1 Å². The molecule has 2 aromatic rings. The molecule has 21 heavy (non-hydrogen) atoms. The fourth-order valence-electron chi connectivity index (χ4n) is 3.10. The van der Waals surface area contributed by atoms with E-state index in [2.05, 4.69) is 43.2 Å². The van der Waals surface area contributed by atoms with Gasteiger partial charge in [0.2, 0.25) is 0 Å². The summed E-state index contributed by atoms with van der Waals surface area (Å²) < 4.78 is 1.84. The highest BCUT2D eigenvalue weighted by molar-refractivity contribution is 5.33. The predicted octanol–water partition coefficient (Wildman–Crippen LogP) is 2.39. The lowest BCUT2D eigenvalue weighted by Gasteiger charge is -2.43. The molecular weight excluding hydrogens is 262 g/mol. The Morgan fingerprint density at radius 2 is 1.81 bits per heavy atom. The van der Waals surface area contributed by atoms with E-state index in [-0.39, 0.29) is 11.6 Å². The minimum absolute atomic E-state index is 0.103. The summed E-state index contributed by atoms with van der Waals surface area (Å²) in [4.78, 5) is 2.22. The van der Waals surface area contributed by atoms with E-state index in [1.54, 1.807) is 6.20 Å². The molecule has 114 valence electrons. The van der Waals surface area contributed by atoms with E-state index in [0.717, 1.165) is 24.2 Å². The fraction of sp³-hybridized carbons (Fsp3) is 0.500. The number of hydrogen-bond acceptors (Lipinski definition) is 4. The van der Waals surface area contributed by atoms with Crippen molar-refractivity contribution in [2.24, 2.45) is 5.73 Å². The van der Waals surface area contributed by atoms with Gasteiger partial charge in [0.15, 0.2) is 0 Å². The van der Waals surface area contributed by atoms with Crippen molar-refractivity contribution >= 4 is 0 Å². The molecule has 0 radical (unpaired) electrons. The molecule has 0 saturated carbocycles. The molecule has 0 aliphatic carbocycles. The number of benzene rings is 1. The summed E-state index contributed by atoms with van der Waals surface area (Å²) in [5, 5.41) is 8.29. The standard InChI is InChI=1S/C16H25N5/c1-5-16(6-2,20(3)4)15(17)14-12-18-19-21(14)13-10-8-7-9-11-13/h7-12,15H,5-6,17H2,1-4H3. The van der Waals surface area contributed by atoms with Crippen LogP contribution in [-0.2, 0) is 0 Å². The number of nitrogens with two attached hydrogens (primary N) is 1. The molecule has 0 saturated heterocycles. The van der Waals surface area contributed by atoms with Gasteiger partial charge < -0.3 is 10.6 Å². The van der Waals surface area contributed by atoms with Crippen LogP contribution in [0.3, 0.4) is 0 Å². The first-order chi connectivity index (χ1) is 10.1. The second-order valence-corrected chi connectivity index (χ2v) is 5.59. The maximum absolute atomic E-state index is 6.64. The van der Waals surface area contributed by atoms with Crippen LogP contribution in [0.4, 0.5) is 0 Å². The van der Waals surface area contributed by atoms with Crippen LogP contribution in [0.2, 0.25) is 0 Å². The van der Waals surface area contributed by atoms with Crippen molar-refractivity contribution in [2.75, 3.05) is 14.1 Å². The molecule has 0 bridgehead atoms. The summed E-state index contributed by atoms with van der Waals surface area (Å²) in [5.41, 5.74) is 8.46. The van der Waals surface area contributed by atoms with E-state index >= 15 is 0 Å². The van der Waals surface area contributed by atoms with Crippen LogP contribution >= 0.6 is 0 Å².